The summed E-state index contributed by atoms with van der Waals surface area (Å²) in [7, 11) is 2.94. The first kappa shape index (κ1) is 18.2. The largest absolute Gasteiger partial charge is 0.332 e. The zero-order valence-corrected chi connectivity index (χ0v) is 15.5. The van der Waals surface area contributed by atoms with Crippen LogP contribution in [0.1, 0.15) is 6.42 Å². The number of nitrogens with one attached hydrogen (secondary N) is 1. The highest BCUT2D eigenvalue weighted by Crippen LogP contribution is 2.29. The lowest BCUT2D eigenvalue weighted by atomic mass is 10.3. The number of hydrogen-bond acceptors (Lipinski definition) is 4. The highest BCUT2D eigenvalue weighted by atomic mass is 35.5. The average Bonchev–Trinajstić information content (AvgIpc) is 3.04. The molecule has 0 bridgehead atoms. The molecule has 0 aliphatic rings. The van der Waals surface area contributed by atoms with Crippen molar-refractivity contribution in [2.24, 2.45) is 14.1 Å². The van der Waals surface area contributed by atoms with E-state index in [2.05, 4.69) is 10.3 Å². The van der Waals surface area contributed by atoms with Gasteiger partial charge in [-0.05, 0) is 12.1 Å². The predicted octanol–water partition coefficient (Wildman–Crippen LogP) is 1.77. The van der Waals surface area contributed by atoms with Gasteiger partial charge in [-0.25, -0.2) is 9.78 Å². The van der Waals surface area contributed by atoms with Gasteiger partial charge in [-0.2, -0.15) is 0 Å². The summed E-state index contributed by atoms with van der Waals surface area (Å²) in [5.41, 5.74) is 0.0394. The standard InChI is InChI=1S/C16H15Cl2N5O3/c1-21-14-13(15(25)22(2)16(21)26)23(8-19-14)7-6-11(24)20-10-5-3-4-9(17)12(10)18/h3-5,8H,6-7H2,1-2H3,(H,20,24). The van der Waals surface area contributed by atoms with Crippen molar-refractivity contribution in [2.45, 2.75) is 13.0 Å². The van der Waals surface area contributed by atoms with Gasteiger partial charge in [0.1, 0.15) is 0 Å². The van der Waals surface area contributed by atoms with Crippen LogP contribution in [-0.2, 0) is 25.4 Å². The molecule has 2 heterocycles. The first-order chi connectivity index (χ1) is 12.3. The molecule has 1 aromatic carbocycles. The Morgan fingerprint density at radius 2 is 1.92 bits per heavy atom. The van der Waals surface area contributed by atoms with E-state index in [1.807, 2.05) is 0 Å². The molecule has 0 saturated heterocycles. The number of nitrogens with zero attached hydrogens (tertiary/aromatic N) is 4. The Labute approximate surface area is 157 Å². The van der Waals surface area contributed by atoms with Crippen LogP contribution >= 0.6 is 23.2 Å². The molecule has 1 N–H and O–H groups in total. The topological polar surface area (TPSA) is 90.9 Å². The minimum absolute atomic E-state index is 0.0836. The molecule has 26 heavy (non-hydrogen) atoms. The molecule has 0 spiro atoms. The third-order valence-corrected chi connectivity index (χ3v) is 4.84. The second-order valence-corrected chi connectivity index (χ2v) is 6.50. The lowest BCUT2D eigenvalue weighted by Crippen LogP contribution is -2.37. The zero-order valence-electron chi connectivity index (χ0n) is 14.0. The fraction of sp³-hybridized carbons (Fsp3) is 0.250. The summed E-state index contributed by atoms with van der Waals surface area (Å²) in [6, 6.07) is 4.94. The minimum Gasteiger partial charge on any atom is -0.325 e. The van der Waals surface area contributed by atoms with E-state index < -0.39 is 11.2 Å². The molecule has 0 aliphatic carbocycles. The van der Waals surface area contributed by atoms with Crippen molar-refractivity contribution >= 4 is 46.0 Å². The van der Waals surface area contributed by atoms with Gasteiger partial charge in [0.05, 0.1) is 22.1 Å². The van der Waals surface area contributed by atoms with Crippen LogP contribution in [0, 0.1) is 0 Å². The van der Waals surface area contributed by atoms with E-state index >= 15 is 0 Å². The SMILES string of the molecule is Cn1c(=O)c2c(ncn2CCC(=O)Nc2cccc(Cl)c2Cl)n(C)c1=O. The molecule has 0 radical (unpaired) electrons. The van der Waals surface area contributed by atoms with Crippen LogP contribution in [0.3, 0.4) is 0 Å². The highest BCUT2D eigenvalue weighted by Gasteiger charge is 2.15. The number of anilines is 1. The second kappa shape index (κ2) is 6.97. The van der Waals surface area contributed by atoms with Crippen molar-refractivity contribution in [1.82, 2.24) is 18.7 Å². The van der Waals surface area contributed by atoms with Gasteiger partial charge in [-0.3, -0.25) is 18.7 Å². The summed E-state index contributed by atoms with van der Waals surface area (Å²) >= 11 is 12.0. The van der Waals surface area contributed by atoms with Gasteiger partial charge in [-0.15, -0.1) is 0 Å². The number of aromatic nitrogens is 4. The van der Waals surface area contributed by atoms with Crippen LogP contribution in [0.25, 0.3) is 11.2 Å². The number of carbonyl (C=O) groups excluding carboxylic acids is 1. The molecule has 2 aromatic heterocycles. The fourth-order valence-corrected chi connectivity index (χ4v) is 2.95. The number of hydrogen-bond donors (Lipinski definition) is 1. The second-order valence-electron chi connectivity index (χ2n) is 5.72. The van der Waals surface area contributed by atoms with Crippen molar-refractivity contribution in [1.29, 1.82) is 0 Å². The Kier molecular flexibility index (Phi) is 4.88. The van der Waals surface area contributed by atoms with Crippen LogP contribution in [0.4, 0.5) is 5.69 Å². The van der Waals surface area contributed by atoms with Crippen LogP contribution in [0.15, 0.2) is 34.1 Å². The number of carbonyl (C=O) groups is 1. The molecule has 3 rings (SSSR count). The van der Waals surface area contributed by atoms with Gasteiger partial charge in [0, 0.05) is 27.1 Å². The van der Waals surface area contributed by atoms with Crippen LogP contribution in [-0.4, -0.2) is 24.6 Å². The molecule has 0 fully saturated rings. The molecule has 0 unspecified atom stereocenters. The third-order valence-electron chi connectivity index (χ3n) is 4.02. The zero-order chi connectivity index (χ0) is 19.0. The molecular formula is C16H15Cl2N5O3. The van der Waals surface area contributed by atoms with Gasteiger partial charge in [0.2, 0.25) is 5.91 Å². The monoisotopic (exact) mass is 395 g/mol. The van der Waals surface area contributed by atoms with E-state index in [0.29, 0.717) is 10.7 Å². The Morgan fingerprint density at radius 3 is 2.65 bits per heavy atom. The average molecular weight is 396 g/mol. The molecule has 1 amide bonds. The Balaban J connectivity index is 1.82. The number of benzene rings is 1. The summed E-state index contributed by atoms with van der Waals surface area (Å²) in [6.45, 7) is 0.216. The normalized spacial score (nSPS) is 11.1. The fourth-order valence-electron chi connectivity index (χ4n) is 2.60. The van der Waals surface area contributed by atoms with Crippen molar-refractivity contribution in [2.75, 3.05) is 5.32 Å². The summed E-state index contributed by atoms with van der Waals surface area (Å²) < 4.78 is 3.85. The Hall–Kier alpha value is -2.58. The first-order valence-corrected chi connectivity index (χ1v) is 8.41. The first-order valence-electron chi connectivity index (χ1n) is 7.66. The molecular weight excluding hydrogens is 381 g/mol. The number of halogens is 2. The van der Waals surface area contributed by atoms with Crippen LogP contribution in [0.2, 0.25) is 10.0 Å². The number of rotatable bonds is 4. The predicted molar refractivity (Wildman–Crippen MR) is 99.9 cm³/mol. The summed E-state index contributed by atoms with van der Waals surface area (Å²) in [5.74, 6) is -0.294. The quantitative estimate of drug-likeness (QED) is 0.728. The van der Waals surface area contributed by atoms with Gasteiger partial charge in [0.25, 0.3) is 5.56 Å². The maximum Gasteiger partial charge on any atom is 0.332 e. The smallest absolute Gasteiger partial charge is 0.325 e. The van der Waals surface area contributed by atoms with Crippen molar-refractivity contribution < 1.29 is 4.79 Å². The van der Waals surface area contributed by atoms with Gasteiger partial charge in [0.15, 0.2) is 11.2 Å². The molecule has 136 valence electrons. The van der Waals surface area contributed by atoms with Gasteiger partial charge < -0.3 is 9.88 Å². The van der Waals surface area contributed by atoms with Crippen molar-refractivity contribution in [3.05, 3.63) is 55.4 Å². The van der Waals surface area contributed by atoms with Crippen LogP contribution in [0.5, 0.6) is 0 Å². The molecule has 0 aliphatic heterocycles. The molecule has 0 saturated carbocycles. The molecule has 8 nitrogen and oxygen atoms in total. The molecule has 0 atom stereocenters. The van der Waals surface area contributed by atoms with E-state index in [0.717, 1.165) is 4.57 Å². The van der Waals surface area contributed by atoms with E-state index in [1.165, 1.54) is 25.0 Å². The minimum atomic E-state index is -0.459. The van der Waals surface area contributed by atoms with Crippen molar-refractivity contribution in [3.63, 3.8) is 0 Å². The van der Waals surface area contributed by atoms with E-state index in [4.69, 9.17) is 23.2 Å². The third kappa shape index (κ3) is 3.13. The highest BCUT2D eigenvalue weighted by molar-refractivity contribution is 6.43. The number of fused-ring (bicyclic) bond motifs is 1. The van der Waals surface area contributed by atoms with E-state index in [-0.39, 0.29) is 35.1 Å². The number of imidazole rings is 1. The number of amides is 1. The van der Waals surface area contributed by atoms with E-state index in [9.17, 15) is 14.4 Å². The lowest BCUT2D eigenvalue weighted by Gasteiger charge is -2.09. The maximum atomic E-state index is 12.4. The Morgan fingerprint density at radius 1 is 1.19 bits per heavy atom. The van der Waals surface area contributed by atoms with Crippen LogP contribution < -0.4 is 16.6 Å². The summed E-state index contributed by atoms with van der Waals surface area (Å²) in [6.07, 6.45) is 1.52. The van der Waals surface area contributed by atoms with Gasteiger partial charge >= 0.3 is 5.69 Å². The molecule has 10 heteroatoms. The lowest BCUT2D eigenvalue weighted by molar-refractivity contribution is -0.116. The number of aryl methyl sites for hydroxylation is 2. The molecule has 3 aromatic rings. The van der Waals surface area contributed by atoms with E-state index in [1.54, 1.807) is 22.8 Å². The van der Waals surface area contributed by atoms with Crippen molar-refractivity contribution in [3.8, 4) is 0 Å². The summed E-state index contributed by atoms with van der Waals surface area (Å²) in [5, 5.41) is 3.29. The summed E-state index contributed by atoms with van der Waals surface area (Å²) in [4.78, 5) is 40.6. The Bertz CT molecular complexity index is 1130. The maximum absolute atomic E-state index is 12.4. The van der Waals surface area contributed by atoms with Gasteiger partial charge in [-0.1, -0.05) is 29.3 Å².